The molecule has 0 aliphatic carbocycles. The second-order valence-corrected chi connectivity index (χ2v) is 10.4. The van der Waals surface area contributed by atoms with Crippen LogP contribution in [0.5, 0.6) is 0 Å². The van der Waals surface area contributed by atoms with E-state index in [0.29, 0.717) is 23.7 Å². The van der Waals surface area contributed by atoms with Crippen LogP contribution in [0.25, 0.3) is 0 Å². The molecule has 0 aliphatic heterocycles. The Labute approximate surface area is 224 Å². The van der Waals surface area contributed by atoms with Crippen molar-refractivity contribution in [2.45, 2.75) is 157 Å². The number of carbonyl (C=O) groups is 2. The van der Waals surface area contributed by atoms with E-state index in [4.69, 9.17) is 9.47 Å². The van der Waals surface area contributed by atoms with E-state index in [1.165, 1.54) is 83.5 Å². The predicted molar refractivity (Wildman–Crippen MR) is 155 cm³/mol. The summed E-state index contributed by atoms with van der Waals surface area (Å²) in [5.74, 6) is 0.0293. The van der Waals surface area contributed by atoms with E-state index in [0.717, 1.165) is 25.7 Å². The van der Waals surface area contributed by atoms with Gasteiger partial charge in [-0.15, -0.1) is 0 Å². The first-order chi connectivity index (χ1) is 17.2. The molecule has 0 radical (unpaired) electrons. The van der Waals surface area contributed by atoms with Gasteiger partial charge in [-0.05, 0) is 51.9 Å². The Bertz CT molecular complexity index is 567. The zero-order valence-corrected chi connectivity index (χ0v) is 24.9. The molecule has 0 fully saturated rings. The smallest absolute Gasteiger partial charge is 0.333 e. The van der Waals surface area contributed by atoms with Gasteiger partial charge in [-0.3, -0.25) is 0 Å². The van der Waals surface area contributed by atoms with Gasteiger partial charge in [-0.25, -0.2) is 9.59 Å². The number of rotatable bonds is 22. The molecule has 4 heteroatoms. The average Bonchev–Trinajstić information content (AvgIpc) is 2.85. The second-order valence-electron chi connectivity index (χ2n) is 10.4. The summed E-state index contributed by atoms with van der Waals surface area (Å²) in [5, 5.41) is 0. The van der Waals surface area contributed by atoms with Crippen LogP contribution in [-0.2, 0) is 19.1 Å². The molecule has 0 rings (SSSR count). The maximum absolute atomic E-state index is 11.7. The van der Waals surface area contributed by atoms with Crippen molar-refractivity contribution in [2.75, 3.05) is 6.61 Å². The third-order valence-electron chi connectivity index (χ3n) is 6.47. The summed E-state index contributed by atoms with van der Waals surface area (Å²) in [6, 6.07) is 0. The standard InChI is InChI=1S/C20H38O2.C12H22O2/c1-5-7-9-11-12-13-15-17-19(16-14-10-8-6-2)22-20(21)18(3)4;1-5-7-8-11(6-2)9-14-12(13)10(3)4/h19H,3,5-17H2,1-2,4H3;11H,3,5-9H2,1-2,4H3. The van der Waals surface area contributed by atoms with Crippen molar-refractivity contribution in [2.24, 2.45) is 5.92 Å². The van der Waals surface area contributed by atoms with Crippen molar-refractivity contribution in [3.8, 4) is 0 Å². The summed E-state index contributed by atoms with van der Waals surface area (Å²) in [6.07, 6.45) is 20.8. The molecule has 0 saturated carbocycles. The summed E-state index contributed by atoms with van der Waals surface area (Å²) in [6.45, 7) is 19.9. The molecule has 0 aromatic carbocycles. The normalized spacial score (nSPS) is 12.2. The summed E-state index contributed by atoms with van der Waals surface area (Å²) in [7, 11) is 0. The maximum atomic E-state index is 11.7. The second kappa shape index (κ2) is 26.5. The van der Waals surface area contributed by atoms with Crippen LogP contribution < -0.4 is 0 Å². The molecule has 0 bridgehead atoms. The molecule has 36 heavy (non-hydrogen) atoms. The first-order valence-corrected chi connectivity index (χ1v) is 14.9. The van der Waals surface area contributed by atoms with Crippen molar-refractivity contribution in [3.63, 3.8) is 0 Å². The molecule has 4 nitrogen and oxygen atoms in total. The fourth-order valence-electron chi connectivity index (χ4n) is 3.86. The summed E-state index contributed by atoms with van der Waals surface area (Å²) in [5.41, 5.74) is 0.994. The Balaban J connectivity index is 0. The molecule has 2 atom stereocenters. The van der Waals surface area contributed by atoms with Crippen molar-refractivity contribution >= 4 is 11.9 Å². The van der Waals surface area contributed by atoms with Gasteiger partial charge in [-0.2, -0.15) is 0 Å². The average molecular weight is 509 g/mol. The van der Waals surface area contributed by atoms with Gasteiger partial charge in [0, 0.05) is 11.1 Å². The number of hydrogen-bond acceptors (Lipinski definition) is 4. The van der Waals surface area contributed by atoms with E-state index in [1.807, 2.05) is 0 Å². The van der Waals surface area contributed by atoms with E-state index in [-0.39, 0.29) is 18.0 Å². The molecule has 2 unspecified atom stereocenters. The van der Waals surface area contributed by atoms with E-state index in [9.17, 15) is 9.59 Å². The Hall–Kier alpha value is -1.58. The minimum atomic E-state index is -0.264. The van der Waals surface area contributed by atoms with Crippen LogP contribution in [0, 0.1) is 5.92 Å². The Kier molecular flexibility index (Phi) is 26.9. The van der Waals surface area contributed by atoms with Crippen LogP contribution in [0.2, 0.25) is 0 Å². The zero-order chi connectivity index (χ0) is 27.6. The van der Waals surface area contributed by atoms with Crippen LogP contribution in [0.15, 0.2) is 24.3 Å². The summed E-state index contributed by atoms with van der Waals surface area (Å²) < 4.78 is 10.7. The highest BCUT2D eigenvalue weighted by Crippen LogP contribution is 2.17. The molecule has 0 heterocycles. The van der Waals surface area contributed by atoms with Crippen LogP contribution in [0.3, 0.4) is 0 Å². The Morgan fingerprint density at radius 1 is 0.611 bits per heavy atom. The van der Waals surface area contributed by atoms with Crippen LogP contribution in [0.1, 0.15) is 151 Å². The summed E-state index contributed by atoms with van der Waals surface area (Å²) in [4.78, 5) is 22.8. The highest BCUT2D eigenvalue weighted by Gasteiger charge is 2.14. The fraction of sp³-hybridized carbons (Fsp3) is 0.812. The SMILES string of the molecule is C=C(C)C(=O)OC(CCCCCC)CCCCCCCCC.C=C(C)C(=O)OCC(CC)CCCC. The third-order valence-corrected chi connectivity index (χ3v) is 6.47. The van der Waals surface area contributed by atoms with Gasteiger partial charge in [0.15, 0.2) is 0 Å². The number of carbonyl (C=O) groups excluding carboxylic acids is 2. The van der Waals surface area contributed by atoms with Gasteiger partial charge in [0.25, 0.3) is 0 Å². The molecule has 0 aromatic heterocycles. The maximum Gasteiger partial charge on any atom is 0.333 e. The van der Waals surface area contributed by atoms with E-state index < -0.39 is 0 Å². The van der Waals surface area contributed by atoms with Crippen molar-refractivity contribution in [1.29, 1.82) is 0 Å². The van der Waals surface area contributed by atoms with E-state index in [1.54, 1.807) is 13.8 Å². The van der Waals surface area contributed by atoms with Gasteiger partial charge in [0.05, 0.1) is 6.61 Å². The van der Waals surface area contributed by atoms with Crippen LogP contribution in [-0.4, -0.2) is 24.6 Å². The molecule has 0 spiro atoms. The first-order valence-electron chi connectivity index (χ1n) is 14.9. The lowest BCUT2D eigenvalue weighted by Crippen LogP contribution is -2.18. The van der Waals surface area contributed by atoms with E-state index in [2.05, 4.69) is 40.9 Å². The number of esters is 2. The monoisotopic (exact) mass is 508 g/mol. The topological polar surface area (TPSA) is 52.6 Å². The Morgan fingerprint density at radius 2 is 1.06 bits per heavy atom. The lowest BCUT2D eigenvalue weighted by molar-refractivity contribution is -0.145. The number of hydrogen-bond donors (Lipinski definition) is 0. The van der Waals surface area contributed by atoms with Gasteiger partial charge in [-0.1, -0.05) is 118 Å². The van der Waals surface area contributed by atoms with Crippen molar-refractivity contribution in [1.82, 2.24) is 0 Å². The molecule has 0 aliphatic rings. The van der Waals surface area contributed by atoms with Crippen LogP contribution >= 0.6 is 0 Å². The first kappa shape index (κ1) is 36.6. The van der Waals surface area contributed by atoms with Gasteiger partial charge in [0.1, 0.15) is 6.10 Å². The summed E-state index contributed by atoms with van der Waals surface area (Å²) >= 11 is 0. The number of unbranched alkanes of at least 4 members (excludes halogenated alkanes) is 10. The van der Waals surface area contributed by atoms with Crippen molar-refractivity contribution < 1.29 is 19.1 Å². The predicted octanol–water partition coefficient (Wildman–Crippen LogP) is 9.91. The Morgan fingerprint density at radius 3 is 1.50 bits per heavy atom. The lowest BCUT2D eigenvalue weighted by atomic mass is 10.0. The van der Waals surface area contributed by atoms with Gasteiger partial charge < -0.3 is 9.47 Å². The van der Waals surface area contributed by atoms with E-state index >= 15 is 0 Å². The molecule has 0 amide bonds. The number of ether oxygens (including phenoxy) is 2. The van der Waals surface area contributed by atoms with Gasteiger partial charge in [0.2, 0.25) is 0 Å². The van der Waals surface area contributed by atoms with Crippen LogP contribution in [0.4, 0.5) is 0 Å². The third kappa shape index (κ3) is 24.1. The molecule has 0 aromatic rings. The highest BCUT2D eigenvalue weighted by molar-refractivity contribution is 5.87. The molecule has 0 saturated heterocycles. The zero-order valence-electron chi connectivity index (χ0n) is 24.9. The highest BCUT2D eigenvalue weighted by atomic mass is 16.5. The van der Waals surface area contributed by atoms with Crippen molar-refractivity contribution in [3.05, 3.63) is 24.3 Å². The minimum Gasteiger partial charge on any atom is -0.462 e. The van der Waals surface area contributed by atoms with Gasteiger partial charge >= 0.3 is 11.9 Å². The largest absolute Gasteiger partial charge is 0.462 e. The molecular weight excluding hydrogens is 448 g/mol. The molecular formula is C32H60O4. The molecule has 212 valence electrons. The molecule has 0 N–H and O–H groups in total. The fourth-order valence-corrected chi connectivity index (χ4v) is 3.86. The quantitative estimate of drug-likeness (QED) is 0.0829. The lowest BCUT2D eigenvalue weighted by Gasteiger charge is -2.18. The minimum absolute atomic E-state index is 0.0942.